The van der Waals surface area contributed by atoms with Gasteiger partial charge >= 0.3 is 19.8 Å². The van der Waals surface area contributed by atoms with Gasteiger partial charge in [-0.15, -0.1) is 0 Å². The second kappa shape index (κ2) is 26.4. The number of carbonyl (C=O) groups excluding carboxylic acids is 2. The van der Waals surface area contributed by atoms with E-state index in [4.69, 9.17) is 18.5 Å². The molecular weight excluding hydrogens is 659 g/mol. The van der Waals surface area contributed by atoms with Crippen molar-refractivity contribution in [3.05, 3.63) is 60.8 Å². The largest absolute Gasteiger partial charge is 0.472 e. The second-order valence-electron chi connectivity index (χ2n) is 11.8. The maximum Gasteiger partial charge on any atom is 0.472 e. The molecule has 1 fully saturated rings. The smallest absolute Gasteiger partial charge is 0.462 e. The van der Waals surface area contributed by atoms with Gasteiger partial charge in [-0.1, -0.05) is 113 Å². The third kappa shape index (κ3) is 20.1. The van der Waals surface area contributed by atoms with Gasteiger partial charge in [0.05, 0.1) is 6.61 Å². The lowest BCUT2D eigenvalue weighted by Crippen LogP contribution is -2.64. The van der Waals surface area contributed by atoms with Gasteiger partial charge in [-0.3, -0.25) is 18.6 Å². The maximum absolute atomic E-state index is 12.7. The summed E-state index contributed by atoms with van der Waals surface area (Å²) in [4.78, 5) is 35.1. The van der Waals surface area contributed by atoms with Crippen LogP contribution in [0.3, 0.4) is 0 Å². The number of aliphatic hydroxyl groups excluding tert-OH is 5. The van der Waals surface area contributed by atoms with Crippen LogP contribution in [0.5, 0.6) is 0 Å². The molecule has 49 heavy (non-hydrogen) atoms. The summed E-state index contributed by atoms with van der Waals surface area (Å²) in [6.45, 7) is 2.96. The lowest BCUT2D eigenvalue weighted by Gasteiger charge is -2.41. The van der Waals surface area contributed by atoms with Crippen molar-refractivity contribution >= 4 is 19.8 Å². The summed E-state index contributed by atoms with van der Waals surface area (Å²) in [6, 6.07) is 0. The molecule has 14 heteroatoms. The van der Waals surface area contributed by atoms with Gasteiger partial charge in [-0.25, -0.2) is 4.57 Å². The average molecular weight is 717 g/mol. The molecule has 0 amide bonds. The van der Waals surface area contributed by atoms with Crippen LogP contribution in [0.2, 0.25) is 0 Å². The number of esters is 2. The van der Waals surface area contributed by atoms with Crippen LogP contribution in [0.25, 0.3) is 0 Å². The van der Waals surface area contributed by atoms with Crippen LogP contribution in [0.4, 0.5) is 0 Å². The van der Waals surface area contributed by atoms with E-state index in [0.29, 0.717) is 19.3 Å². The van der Waals surface area contributed by atoms with Crippen molar-refractivity contribution in [3.8, 4) is 0 Å². The number of phosphoric ester groups is 1. The molecule has 0 radical (unpaired) electrons. The summed E-state index contributed by atoms with van der Waals surface area (Å²) in [5.74, 6) is -1.20. The number of carbonyl (C=O) groups is 2. The van der Waals surface area contributed by atoms with Crippen molar-refractivity contribution in [1.82, 2.24) is 0 Å². The van der Waals surface area contributed by atoms with Crippen LogP contribution in [0.15, 0.2) is 60.8 Å². The Morgan fingerprint density at radius 2 is 1.16 bits per heavy atom. The van der Waals surface area contributed by atoms with E-state index in [9.17, 15) is 44.6 Å². The Bertz CT molecular complexity index is 1100. The number of aliphatic hydroxyl groups is 5. The normalized spacial score (nSPS) is 25.1. The molecule has 6 N–H and O–H groups in total. The summed E-state index contributed by atoms with van der Waals surface area (Å²) in [6.07, 6.45) is 15.0. The number of phosphoric acid groups is 1. The van der Waals surface area contributed by atoms with Gasteiger partial charge in [0, 0.05) is 12.8 Å². The van der Waals surface area contributed by atoms with Crippen LogP contribution in [-0.4, -0.2) is 98.3 Å². The first-order chi connectivity index (χ1) is 23.4. The average Bonchev–Trinajstić information content (AvgIpc) is 3.07. The van der Waals surface area contributed by atoms with Crippen molar-refractivity contribution in [2.24, 2.45) is 0 Å². The molecule has 13 nitrogen and oxygen atoms in total. The quantitative estimate of drug-likeness (QED) is 0.0338. The molecular formula is C35H57O13P. The van der Waals surface area contributed by atoms with Crippen molar-refractivity contribution in [1.29, 1.82) is 0 Å². The first-order valence-electron chi connectivity index (χ1n) is 17.2. The van der Waals surface area contributed by atoms with Gasteiger partial charge in [0.1, 0.15) is 43.2 Å². The minimum Gasteiger partial charge on any atom is -0.462 e. The Labute approximate surface area is 290 Å². The molecule has 0 aromatic rings. The number of allylic oxidation sites excluding steroid dienone is 10. The summed E-state index contributed by atoms with van der Waals surface area (Å²) in [5, 5.41) is 49.7. The number of rotatable bonds is 25. The summed E-state index contributed by atoms with van der Waals surface area (Å²) in [7, 11) is -5.12. The number of ether oxygens (including phenoxy) is 2. The first kappa shape index (κ1) is 44.6. The van der Waals surface area contributed by atoms with Crippen molar-refractivity contribution in [2.75, 3.05) is 13.2 Å². The Hall–Kier alpha value is -2.45. The van der Waals surface area contributed by atoms with E-state index >= 15 is 0 Å². The van der Waals surface area contributed by atoms with Crippen LogP contribution >= 0.6 is 7.82 Å². The first-order valence-corrected chi connectivity index (χ1v) is 18.7. The van der Waals surface area contributed by atoms with Crippen LogP contribution in [0, 0.1) is 0 Å². The molecule has 280 valence electrons. The van der Waals surface area contributed by atoms with Crippen molar-refractivity contribution in [3.63, 3.8) is 0 Å². The van der Waals surface area contributed by atoms with E-state index in [2.05, 4.69) is 19.9 Å². The van der Waals surface area contributed by atoms with Crippen LogP contribution in [0.1, 0.15) is 90.9 Å². The summed E-state index contributed by atoms with van der Waals surface area (Å²) >= 11 is 0. The molecule has 0 saturated heterocycles. The monoisotopic (exact) mass is 716 g/mol. The number of hydrogen-bond acceptors (Lipinski definition) is 12. The highest BCUT2D eigenvalue weighted by molar-refractivity contribution is 7.47. The van der Waals surface area contributed by atoms with E-state index < -0.39 is 75.7 Å². The fraction of sp³-hybridized carbons (Fsp3) is 0.657. The number of unbranched alkanes of at least 4 members (excludes halogenated alkanes) is 7. The maximum atomic E-state index is 12.7. The molecule has 8 atom stereocenters. The highest BCUT2D eigenvalue weighted by atomic mass is 31.2. The fourth-order valence-corrected chi connectivity index (χ4v) is 5.64. The lowest BCUT2D eigenvalue weighted by atomic mass is 9.85. The van der Waals surface area contributed by atoms with Gasteiger partial charge in [0.15, 0.2) is 6.10 Å². The third-order valence-corrected chi connectivity index (χ3v) is 8.49. The van der Waals surface area contributed by atoms with Gasteiger partial charge in [-0.2, -0.15) is 0 Å². The van der Waals surface area contributed by atoms with Gasteiger partial charge < -0.3 is 39.9 Å². The second-order valence-corrected chi connectivity index (χ2v) is 13.2. The van der Waals surface area contributed by atoms with E-state index in [1.54, 1.807) is 0 Å². The lowest BCUT2D eigenvalue weighted by molar-refractivity contribution is -0.220. The molecule has 0 heterocycles. The minimum atomic E-state index is -5.12. The van der Waals surface area contributed by atoms with E-state index in [1.807, 2.05) is 54.7 Å². The molecule has 0 spiro atoms. The van der Waals surface area contributed by atoms with Gasteiger partial charge in [0.25, 0.3) is 0 Å². The Balaban J connectivity index is 2.67. The highest BCUT2D eigenvalue weighted by Gasteiger charge is 2.51. The SMILES string of the molecule is CC/C=C/C=C/C=C/C=C/C=C/CCCC(=O)OC(COC(=O)CCCCCCCCC)COP(=O)(O)OC1C(O)C(O)C(O)[C@@H](O)C1O. The zero-order chi connectivity index (χ0) is 36.5. The molecule has 0 aliphatic heterocycles. The molecule has 1 aliphatic carbocycles. The predicted octanol–water partition coefficient (Wildman–Crippen LogP) is 4.26. The van der Waals surface area contributed by atoms with Crippen LogP contribution in [-0.2, 0) is 32.7 Å². The number of hydrogen-bond donors (Lipinski definition) is 6. The Kier molecular flexibility index (Phi) is 24.0. The molecule has 0 bridgehead atoms. The molecule has 0 aromatic heterocycles. The zero-order valence-corrected chi connectivity index (χ0v) is 29.6. The third-order valence-electron chi connectivity index (χ3n) is 7.50. The summed E-state index contributed by atoms with van der Waals surface area (Å²) in [5.41, 5.74) is 0. The molecule has 1 rings (SSSR count). The van der Waals surface area contributed by atoms with E-state index in [0.717, 1.165) is 38.5 Å². The van der Waals surface area contributed by atoms with E-state index in [1.165, 1.54) is 6.42 Å². The minimum absolute atomic E-state index is 0.00163. The standard InChI is InChI=1S/C35H57O13P/c1-3-5-7-9-11-12-13-14-15-16-18-20-22-24-29(37)47-27(25-45-28(36)23-21-19-17-10-8-6-4-2)26-46-49(43,44)48-35-33(41)31(39)30(38)32(40)34(35)42/h5,7,9,11-16,18,27,30-35,38-42H,3-4,6,8,10,17,19-26H2,1-2H3,(H,43,44)/b7-5+,11-9+,13-12+,15-14+,18-16+/t27?,30?,31-,32?,33?,34?,35?/m1/s1. The predicted molar refractivity (Wildman–Crippen MR) is 184 cm³/mol. The molecule has 0 aromatic carbocycles. The zero-order valence-electron chi connectivity index (χ0n) is 28.7. The fourth-order valence-electron chi connectivity index (χ4n) is 4.67. The van der Waals surface area contributed by atoms with Crippen molar-refractivity contribution < 1.29 is 63.1 Å². The highest BCUT2D eigenvalue weighted by Crippen LogP contribution is 2.47. The summed E-state index contributed by atoms with van der Waals surface area (Å²) < 4.78 is 33.0. The Morgan fingerprint density at radius 3 is 1.76 bits per heavy atom. The van der Waals surface area contributed by atoms with Crippen LogP contribution < -0.4 is 0 Å². The molecule has 1 saturated carbocycles. The van der Waals surface area contributed by atoms with Gasteiger partial charge in [0.2, 0.25) is 0 Å². The van der Waals surface area contributed by atoms with E-state index in [-0.39, 0.29) is 12.8 Å². The molecule has 1 aliphatic rings. The topological polar surface area (TPSA) is 210 Å². The van der Waals surface area contributed by atoms with Gasteiger partial charge in [-0.05, 0) is 25.7 Å². The Morgan fingerprint density at radius 1 is 0.653 bits per heavy atom. The van der Waals surface area contributed by atoms with Crippen molar-refractivity contribution in [2.45, 2.75) is 134 Å². The molecule has 7 unspecified atom stereocenters.